The van der Waals surface area contributed by atoms with Gasteiger partial charge in [-0.2, -0.15) is 4.31 Å². The number of nitrogens with zero attached hydrogens (tertiary/aromatic N) is 3. The molecule has 7 heteroatoms. The fourth-order valence-electron chi connectivity index (χ4n) is 5.83. The van der Waals surface area contributed by atoms with Gasteiger partial charge >= 0.3 is 0 Å². The van der Waals surface area contributed by atoms with Crippen LogP contribution in [0, 0.1) is 19.8 Å². The third-order valence-electron chi connectivity index (χ3n) is 7.92. The molecule has 0 radical (unpaired) electrons. The molecule has 0 spiro atoms. The van der Waals surface area contributed by atoms with Crippen LogP contribution < -0.4 is 0 Å². The van der Waals surface area contributed by atoms with Gasteiger partial charge in [0, 0.05) is 39.3 Å². The van der Waals surface area contributed by atoms with Gasteiger partial charge in [0.25, 0.3) is 0 Å². The minimum Gasteiger partial charge on any atom is -0.340 e. The molecule has 0 saturated carbocycles. The zero-order valence-electron chi connectivity index (χ0n) is 22.3. The lowest BCUT2D eigenvalue weighted by Gasteiger charge is -2.41. The molecule has 2 aliphatic rings. The van der Waals surface area contributed by atoms with Crippen molar-refractivity contribution in [3.63, 3.8) is 0 Å². The first-order valence-electron chi connectivity index (χ1n) is 13.5. The minimum atomic E-state index is -3.64. The number of hydrogen-bond acceptors (Lipinski definition) is 4. The molecule has 3 aromatic rings. The van der Waals surface area contributed by atoms with Crippen LogP contribution in [0.1, 0.15) is 41.1 Å². The molecule has 2 heterocycles. The maximum absolute atomic E-state index is 13.6. The van der Waals surface area contributed by atoms with Crippen LogP contribution in [0.25, 0.3) is 0 Å². The highest BCUT2D eigenvalue weighted by molar-refractivity contribution is 7.89. The van der Waals surface area contributed by atoms with Crippen LogP contribution in [0.2, 0.25) is 0 Å². The maximum Gasteiger partial charge on any atom is 0.243 e. The maximum atomic E-state index is 13.6. The van der Waals surface area contributed by atoms with E-state index in [1.54, 1.807) is 6.07 Å². The predicted molar refractivity (Wildman–Crippen MR) is 150 cm³/mol. The van der Waals surface area contributed by atoms with Crippen molar-refractivity contribution in [1.29, 1.82) is 0 Å². The van der Waals surface area contributed by atoms with Crippen molar-refractivity contribution in [2.75, 3.05) is 39.3 Å². The molecule has 38 heavy (non-hydrogen) atoms. The number of piperazine rings is 1. The minimum absolute atomic E-state index is 0.0847. The lowest BCUT2D eigenvalue weighted by atomic mass is 9.95. The monoisotopic (exact) mass is 531 g/mol. The van der Waals surface area contributed by atoms with Gasteiger partial charge in [0.1, 0.15) is 0 Å². The Kier molecular flexibility index (Phi) is 7.98. The first-order chi connectivity index (χ1) is 18.3. The zero-order valence-corrected chi connectivity index (χ0v) is 23.1. The van der Waals surface area contributed by atoms with Crippen LogP contribution >= 0.6 is 0 Å². The zero-order chi connectivity index (χ0) is 26.7. The molecule has 1 unspecified atom stereocenters. The molecule has 3 aromatic carbocycles. The fraction of sp³-hybridized carbons (Fsp3) is 0.387. The van der Waals surface area contributed by atoms with Crippen LogP contribution in [-0.4, -0.2) is 67.7 Å². The molecule has 0 aromatic heterocycles. The molecule has 2 fully saturated rings. The van der Waals surface area contributed by atoms with Crippen molar-refractivity contribution in [3.8, 4) is 0 Å². The van der Waals surface area contributed by atoms with Crippen LogP contribution in [-0.2, 0) is 14.8 Å². The van der Waals surface area contributed by atoms with Gasteiger partial charge < -0.3 is 4.90 Å². The third kappa shape index (κ3) is 5.55. The average molecular weight is 532 g/mol. The molecule has 1 amide bonds. The molecule has 6 nitrogen and oxygen atoms in total. The summed E-state index contributed by atoms with van der Waals surface area (Å²) >= 11 is 0. The molecule has 200 valence electrons. The van der Waals surface area contributed by atoms with E-state index < -0.39 is 10.0 Å². The van der Waals surface area contributed by atoms with Crippen LogP contribution in [0.5, 0.6) is 0 Å². The summed E-state index contributed by atoms with van der Waals surface area (Å²) in [7, 11) is -3.64. The predicted octanol–water partition coefficient (Wildman–Crippen LogP) is 4.64. The summed E-state index contributed by atoms with van der Waals surface area (Å²) in [5.41, 5.74) is 4.16. The lowest BCUT2D eigenvalue weighted by Crippen LogP contribution is -2.53. The van der Waals surface area contributed by atoms with E-state index >= 15 is 0 Å². The highest BCUT2D eigenvalue weighted by Gasteiger charge is 2.37. The van der Waals surface area contributed by atoms with Gasteiger partial charge in [-0.25, -0.2) is 8.42 Å². The van der Waals surface area contributed by atoms with Crippen molar-refractivity contribution in [2.24, 2.45) is 5.92 Å². The molecule has 1 atom stereocenters. The number of amides is 1. The van der Waals surface area contributed by atoms with Crippen molar-refractivity contribution in [2.45, 2.75) is 37.6 Å². The average Bonchev–Trinajstić information content (AvgIpc) is 2.96. The van der Waals surface area contributed by atoms with E-state index in [0.717, 1.165) is 30.6 Å². The number of carbonyl (C=O) groups is 1. The standard InChI is InChI=1S/C31H37N3O3S/c1-24-15-16-25(2)29(22-24)38(36,37)34-17-9-14-28(23-34)31(35)33-20-18-32(19-21-33)30(26-10-5-3-6-11-26)27-12-7-4-8-13-27/h3-8,10-13,15-16,22,28,30H,9,14,17-21,23H2,1-2H3. The number of piperidine rings is 1. The summed E-state index contributed by atoms with van der Waals surface area (Å²) in [6, 6.07) is 26.7. The van der Waals surface area contributed by atoms with Crippen LogP contribution in [0.15, 0.2) is 83.8 Å². The summed E-state index contributed by atoms with van der Waals surface area (Å²) < 4.78 is 28.5. The summed E-state index contributed by atoms with van der Waals surface area (Å²) in [6.45, 7) is 7.30. The van der Waals surface area contributed by atoms with Crippen molar-refractivity contribution in [1.82, 2.24) is 14.1 Å². The second kappa shape index (κ2) is 11.4. The van der Waals surface area contributed by atoms with Crippen molar-refractivity contribution >= 4 is 15.9 Å². The number of hydrogen-bond donors (Lipinski definition) is 0. The fourth-order valence-corrected chi connectivity index (χ4v) is 7.66. The SMILES string of the molecule is Cc1ccc(C)c(S(=O)(=O)N2CCCC(C(=O)N3CCN(C(c4ccccc4)c4ccccc4)CC3)C2)c1. The van der Waals surface area contributed by atoms with Gasteiger partial charge in [-0.05, 0) is 55.0 Å². The summed E-state index contributed by atoms with van der Waals surface area (Å²) in [6.07, 6.45) is 1.43. The quantitative estimate of drug-likeness (QED) is 0.465. The van der Waals surface area contributed by atoms with Gasteiger partial charge in [-0.3, -0.25) is 9.69 Å². The summed E-state index contributed by atoms with van der Waals surface area (Å²) in [5, 5.41) is 0. The Morgan fingerprint density at radius 1 is 0.816 bits per heavy atom. The molecule has 2 saturated heterocycles. The summed E-state index contributed by atoms with van der Waals surface area (Å²) in [4.78, 5) is 18.3. The van der Waals surface area contributed by atoms with Gasteiger partial charge in [-0.1, -0.05) is 72.8 Å². The Bertz CT molecular complexity index is 1310. The second-order valence-electron chi connectivity index (χ2n) is 10.6. The Hall–Kier alpha value is -3.00. The van der Waals surface area contributed by atoms with E-state index in [-0.39, 0.29) is 24.4 Å². The third-order valence-corrected chi connectivity index (χ3v) is 9.92. The number of benzene rings is 3. The Morgan fingerprint density at radius 2 is 1.42 bits per heavy atom. The molecular weight excluding hydrogens is 494 g/mol. The van der Waals surface area contributed by atoms with Gasteiger partial charge in [-0.15, -0.1) is 0 Å². The van der Waals surface area contributed by atoms with E-state index in [1.165, 1.54) is 15.4 Å². The first kappa shape index (κ1) is 26.6. The Labute approximate surface area is 226 Å². The van der Waals surface area contributed by atoms with E-state index in [1.807, 2.05) is 43.0 Å². The van der Waals surface area contributed by atoms with E-state index in [2.05, 4.69) is 53.4 Å². The van der Waals surface area contributed by atoms with E-state index in [0.29, 0.717) is 31.0 Å². The van der Waals surface area contributed by atoms with Gasteiger partial charge in [0.05, 0.1) is 16.9 Å². The number of aryl methyl sites for hydroxylation is 2. The first-order valence-corrected chi connectivity index (χ1v) is 15.0. The van der Waals surface area contributed by atoms with Crippen LogP contribution in [0.4, 0.5) is 0 Å². The molecule has 0 aliphatic carbocycles. The second-order valence-corrected chi connectivity index (χ2v) is 12.5. The van der Waals surface area contributed by atoms with E-state index in [4.69, 9.17) is 0 Å². The molecule has 0 N–H and O–H groups in total. The van der Waals surface area contributed by atoms with Crippen LogP contribution in [0.3, 0.4) is 0 Å². The number of sulfonamides is 1. The molecular formula is C31H37N3O3S. The van der Waals surface area contributed by atoms with Crippen molar-refractivity contribution in [3.05, 3.63) is 101 Å². The molecule has 2 aliphatic heterocycles. The highest BCUT2D eigenvalue weighted by atomic mass is 32.2. The Morgan fingerprint density at radius 3 is 2.03 bits per heavy atom. The van der Waals surface area contributed by atoms with Crippen molar-refractivity contribution < 1.29 is 13.2 Å². The van der Waals surface area contributed by atoms with Gasteiger partial charge in [0.2, 0.25) is 15.9 Å². The highest BCUT2D eigenvalue weighted by Crippen LogP contribution is 2.31. The number of carbonyl (C=O) groups excluding carboxylic acids is 1. The largest absolute Gasteiger partial charge is 0.340 e. The number of rotatable bonds is 6. The normalized spacial score (nSPS) is 19.6. The Balaban J connectivity index is 1.26. The smallest absolute Gasteiger partial charge is 0.243 e. The van der Waals surface area contributed by atoms with Gasteiger partial charge in [0.15, 0.2) is 0 Å². The lowest BCUT2D eigenvalue weighted by molar-refractivity contribution is -0.138. The topological polar surface area (TPSA) is 60.9 Å². The van der Waals surface area contributed by atoms with E-state index in [9.17, 15) is 13.2 Å². The molecule has 0 bridgehead atoms. The molecule has 5 rings (SSSR count). The summed E-state index contributed by atoms with van der Waals surface area (Å²) in [5.74, 6) is -0.212.